The molecule has 8 heteroatoms. The van der Waals surface area contributed by atoms with Crippen molar-refractivity contribution in [3.05, 3.63) is 34.3 Å². The van der Waals surface area contributed by atoms with Gasteiger partial charge in [0, 0.05) is 43.2 Å². The monoisotopic (exact) mass is 385 g/mol. The van der Waals surface area contributed by atoms with Gasteiger partial charge < -0.3 is 15.8 Å². The number of fused-ring (bicyclic) bond motifs is 1. The second kappa shape index (κ2) is 7.35. The summed E-state index contributed by atoms with van der Waals surface area (Å²) in [7, 11) is 1.60. The van der Waals surface area contributed by atoms with Crippen LogP contribution in [0.25, 0.3) is 5.95 Å². The first-order valence-electron chi connectivity index (χ1n) is 9.30. The number of carbonyl (C=O) groups is 2. The van der Waals surface area contributed by atoms with Crippen molar-refractivity contribution in [2.75, 3.05) is 25.6 Å². The maximum absolute atomic E-state index is 12.8. The van der Waals surface area contributed by atoms with Gasteiger partial charge in [0.15, 0.2) is 5.78 Å². The van der Waals surface area contributed by atoms with Gasteiger partial charge in [0.25, 0.3) is 5.91 Å². The molecule has 0 unspecified atom stereocenters. The molecule has 0 spiro atoms. The molecule has 1 aliphatic carbocycles. The van der Waals surface area contributed by atoms with E-state index in [1.54, 1.807) is 7.11 Å². The van der Waals surface area contributed by atoms with Gasteiger partial charge in [0.2, 0.25) is 5.95 Å². The first kappa shape index (κ1) is 20.0. The fourth-order valence-corrected chi connectivity index (χ4v) is 3.79. The number of ether oxygens (including phenoxy) is 1. The first-order chi connectivity index (χ1) is 13.2. The van der Waals surface area contributed by atoms with Crippen LogP contribution in [0.1, 0.15) is 57.9 Å². The van der Waals surface area contributed by atoms with E-state index in [-0.39, 0.29) is 16.8 Å². The third-order valence-electron chi connectivity index (χ3n) is 5.22. The van der Waals surface area contributed by atoms with Crippen LogP contribution < -0.4 is 11.1 Å². The Kier molecular flexibility index (Phi) is 5.25. The number of nitrogens with one attached hydrogen (secondary N) is 1. The molecule has 1 aliphatic rings. The van der Waals surface area contributed by atoms with Gasteiger partial charge in [-0.3, -0.25) is 14.2 Å². The molecule has 0 radical (unpaired) electrons. The molecule has 0 fully saturated rings. The number of primary amides is 1. The number of methoxy groups -OCH3 is 1. The van der Waals surface area contributed by atoms with Gasteiger partial charge in [-0.05, 0) is 31.2 Å². The highest BCUT2D eigenvalue weighted by molar-refractivity contribution is 6.01. The lowest BCUT2D eigenvalue weighted by Gasteiger charge is -2.29. The summed E-state index contributed by atoms with van der Waals surface area (Å²) < 4.78 is 6.97. The molecule has 2 aromatic rings. The van der Waals surface area contributed by atoms with E-state index in [2.05, 4.69) is 29.1 Å². The lowest BCUT2D eigenvalue weighted by Crippen LogP contribution is -2.28. The zero-order chi connectivity index (χ0) is 20.6. The van der Waals surface area contributed by atoms with Crippen LogP contribution in [0.5, 0.6) is 0 Å². The number of hydrogen-bond acceptors (Lipinski definition) is 6. The number of carbonyl (C=O) groups excluding carboxylic acids is 2. The standard InChI is InChI=1S/C20H27N5O3/c1-11-12(2)25(14-8-20(3,4)9-15(26)16(11)14)19-23-10-13(17(21)27)18(24-19)22-6-7-28-5/h10H,6-9H2,1-5H3,(H2,21,27)(H,22,23,24). The lowest BCUT2D eigenvalue weighted by molar-refractivity contribution is 0.0909. The molecule has 3 N–H and O–H groups in total. The van der Waals surface area contributed by atoms with E-state index < -0.39 is 5.91 Å². The van der Waals surface area contributed by atoms with Crippen LogP contribution in [-0.4, -0.2) is 46.5 Å². The summed E-state index contributed by atoms with van der Waals surface area (Å²) in [5.74, 6) is 0.315. The minimum Gasteiger partial charge on any atom is -0.383 e. The molecule has 2 aromatic heterocycles. The van der Waals surface area contributed by atoms with Gasteiger partial charge in [0.05, 0.1) is 12.2 Å². The normalized spacial score (nSPS) is 15.4. The Hall–Kier alpha value is -2.74. The molecule has 0 aliphatic heterocycles. The van der Waals surface area contributed by atoms with E-state index in [0.29, 0.717) is 31.3 Å². The first-order valence-corrected chi connectivity index (χ1v) is 9.30. The Labute approximate surface area is 164 Å². The van der Waals surface area contributed by atoms with Gasteiger partial charge >= 0.3 is 0 Å². The second-order valence-corrected chi connectivity index (χ2v) is 8.02. The predicted molar refractivity (Wildman–Crippen MR) is 106 cm³/mol. The van der Waals surface area contributed by atoms with E-state index in [0.717, 1.165) is 28.9 Å². The Morgan fingerprint density at radius 1 is 1.36 bits per heavy atom. The van der Waals surface area contributed by atoms with Crippen molar-refractivity contribution in [1.82, 2.24) is 14.5 Å². The molecule has 1 amide bonds. The fraction of sp³-hybridized carbons (Fsp3) is 0.500. The number of rotatable bonds is 6. The van der Waals surface area contributed by atoms with Crippen molar-refractivity contribution >= 4 is 17.5 Å². The Morgan fingerprint density at radius 3 is 2.71 bits per heavy atom. The minimum atomic E-state index is -0.606. The molecule has 8 nitrogen and oxygen atoms in total. The van der Waals surface area contributed by atoms with Crippen molar-refractivity contribution in [2.24, 2.45) is 11.1 Å². The summed E-state index contributed by atoms with van der Waals surface area (Å²) in [6.45, 7) is 9.01. The van der Waals surface area contributed by atoms with Gasteiger partial charge in [-0.15, -0.1) is 0 Å². The number of Topliss-reactive ketones (excluding diaryl/α,β-unsaturated/α-hetero) is 1. The summed E-state index contributed by atoms with van der Waals surface area (Å²) in [5, 5.41) is 3.08. The van der Waals surface area contributed by atoms with Crippen LogP contribution in [0.3, 0.4) is 0 Å². The number of hydrogen-bond donors (Lipinski definition) is 2. The molecule has 0 saturated heterocycles. The molecule has 0 aromatic carbocycles. The zero-order valence-corrected chi connectivity index (χ0v) is 17.0. The van der Waals surface area contributed by atoms with Crippen LogP contribution in [0.4, 0.5) is 5.82 Å². The van der Waals surface area contributed by atoms with E-state index in [9.17, 15) is 9.59 Å². The molecule has 0 saturated carbocycles. The topological polar surface area (TPSA) is 112 Å². The average molecular weight is 385 g/mol. The van der Waals surface area contributed by atoms with Crippen LogP contribution in [-0.2, 0) is 11.2 Å². The Balaban J connectivity index is 2.14. The van der Waals surface area contributed by atoms with Crippen molar-refractivity contribution in [1.29, 1.82) is 0 Å². The smallest absolute Gasteiger partial charge is 0.254 e. The average Bonchev–Trinajstić information content (AvgIpc) is 2.84. The highest BCUT2D eigenvalue weighted by atomic mass is 16.5. The zero-order valence-electron chi connectivity index (χ0n) is 17.0. The Bertz CT molecular complexity index is 946. The molecular weight excluding hydrogens is 358 g/mol. The number of amides is 1. The van der Waals surface area contributed by atoms with Gasteiger partial charge in [-0.25, -0.2) is 4.98 Å². The highest BCUT2D eigenvalue weighted by Gasteiger charge is 2.36. The Morgan fingerprint density at radius 2 is 2.07 bits per heavy atom. The molecule has 150 valence electrons. The van der Waals surface area contributed by atoms with E-state index in [1.807, 2.05) is 18.4 Å². The quantitative estimate of drug-likeness (QED) is 0.737. The van der Waals surface area contributed by atoms with Crippen molar-refractivity contribution in [3.63, 3.8) is 0 Å². The molecule has 3 rings (SSSR count). The summed E-state index contributed by atoms with van der Waals surface area (Å²) in [5.41, 5.74) is 9.11. The number of ketones is 1. The maximum atomic E-state index is 12.8. The fourth-order valence-electron chi connectivity index (χ4n) is 3.79. The van der Waals surface area contributed by atoms with Crippen LogP contribution >= 0.6 is 0 Å². The van der Waals surface area contributed by atoms with E-state index in [1.165, 1.54) is 6.20 Å². The molecule has 0 bridgehead atoms. The molecule has 28 heavy (non-hydrogen) atoms. The highest BCUT2D eigenvalue weighted by Crippen LogP contribution is 2.39. The van der Waals surface area contributed by atoms with E-state index >= 15 is 0 Å². The minimum absolute atomic E-state index is 0.133. The number of nitrogens with zero attached hydrogens (tertiary/aromatic N) is 3. The lowest BCUT2D eigenvalue weighted by atomic mass is 9.75. The van der Waals surface area contributed by atoms with Gasteiger partial charge in [0.1, 0.15) is 5.82 Å². The summed E-state index contributed by atoms with van der Waals surface area (Å²) in [6.07, 6.45) is 2.70. The van der Waals surface area contributed by atoms with Crippen molar-refractivity contribution in [3.8, 4) is 5.95 Å². The third kappa shape index (κ3) is 3.52. The molecule has 2 heterocycles. The van der Waals surface area contributed by atoms with Gasteiger partial charge in [-0.1, -0.05) is 13.8 Å². The summed E-state index contributed by atoms with van der Waals surface area (Å²) >= 11 is 0. The third-order valence-corrected chi connectivity index (χ3v) is 5.22. The second-order valence-electron chi connectivity index (χ2n) is 8.02. The van der Waals surface area contributed by atoms with Crippen molar-refractivity contribution < 1.29 is 14.3 Å². The largest absolute Gasteiger partial charge is 0.383 e. The van der Waals surface area contributed by atoms with Crippen LogP contribution in [0.2, 0.25) is 0 Å². The maximum Gasteiger partial charge on any atom is 0.254 e. The summed E-state index contributed by atoms with van der Waals surface area (Å²) in [6, 6.07) is 0. The summed E-state index contributed by atoms with van der Waals surface area (Å²) in [4.78, 5) is 33.5. The van der Waals surface area contributed by atoms with Gasteiger partial charge in [-0.2, -0.15) is 4.98 Å². The van der Waals surface area contributed by atoms with Crippen molar-refractivity contribution in [2.45, 2.75) is 40.5 Å². The van der Waals surface area contributed by atoms with Crippen LogP contribution in [0.15, 0.2) is 6.20 Å². The number of aromatic nitrogens is 3. The number of anilines is 1. The molecule has 0 atom stereocenters. The van der Waals surface area contributed by atoms with Crippen LogP contribution in [0, 0.1) is 19.3 Å². The number of nitrogens with two attached hydrogens (primary N) is 1. The molecular formula is C20H27N5O3. The SMILES string of the molecule is COCCNc1nc(-n2c(C)c(C)c3c2CC(C)(C)CC3=O)ncc1C(N)=O. The van der Waals surface area contributed by atoms with E-state index in [4.69, 9.17) is 10.5 Å². The predicted octanol–water partition coefficient (Wildman–Crippen LogP) is 2.20.